The molecule has 0 saturated carbocycles. The lowest BCUT2D eigenvalue weighted by atomic mass is 10.1. The van der Waals surface area contributed by atoms with Crippen molar-refractivity contribution in [3.8, 4) is 0 Å². The third kappa shape index (κ3) is 5.10. The molecule has 1 aromatic heterocycles. The van der Waals surface area contributed by atoms with Gasteiger partial charge in [0.05, 0.1) is 16.2 Å². The van der Waals surface area contributed by atoms with Crippen molar-refractivity contribution in [1.29, 1.82) is 0 Å². The van der Waals surface area contributed by atoms with E-state index in [-0.39, 0.29) is 16.4 Å². The van der Waals surface area contributed by atoms with Gasteiger partial charge in [-0.25, -0.2) is 27.9 Å². The summed E-state index contributed by atoms with van der Waals surface area (Å²) in [6.45, 7) is 0. The molecular formula is C22H17FN4O3S2. The number of benzene rings is 3. The zero-order chi connectivity index (χ0) is 22.7. The SMILES string of the molecule is NS(=O)(=O)c1cccc(Nc2nc(SCC(=O)c3ccc(F)cc3)nc3ccccc23)c1. The first-order chi connectivity index (χ1) is 15.3. The molecule has 7 nitrogen and oxygen atoms in total. The van der Waals surface area contributed by atoms with Crippen LogP contribution in [0.25, 0.3) is 10.9 Å². The summed E-state index contributed by atoms with van der Waals surface area (Å²) >= 11 is 1.15. The van der Waals surface area contributed by atoms with Crippen molar-refractivity contribution in [2.75, 3.05) is 11.1 Å². The van der Waals surface area contributed by atoms with E-state index in [0.29, 0.717) is 27.7 Å². The Hall–Kier alpha value is -3.34. The lowest BCUT2D eigenvalue weighted by molar-refractivity contribution is 0.102. The van der Waals surface area contributed by atoms with E-state index in [1.807, 2.05) is 24.3 Å². The highest BCUT2D eigenvalue weighted by atomic mass is 32.2. The molecule has 3 aromatic carbocycles. The molecule has 0 unspecified atom stereocenters. The van der Waals surface area contributed by atoms with Crippen molar-refractivity contribution >= 4 is 50.0 Å². The Kier molecular flexibility index (Phi) is 6.17. The van der Waals surface area contributed by atoms with E-state index in [2.05, 4.69) is 15.3 Å². The minimum absolute atomic E-state index is 0.0274. The number of carbonyl (C=O) groups excluding carboxylic acids is 1. The van der Waals surface area contributed by atoms with E-state index in [1.165, 1.54) is 36.4 Å². The number of aromatic nitrogens is 2. The third-order valence-electron chi connectivity index (χ3n) is 4.51. The van der Waals surface area contributed by atoms with Gasteiger partial charge in [-0.1, -0.05) is 30.0 Å². The van der Waals surface area contributed by atoms with Gasteiger partial charge in [0, 0.05) is 16.6 Å². The molecule has 3 N–H and O–H groups in total. The number of hydrogen-bond donors (Lipinski definition) is 2. The highest BCUT2D eigenvalue weighted by Crippen LogP contribution is 2.28. The van der Waals surface area contributed by atoms with Crippen LogP contribution in [0.3, 0.4) is 0 Å². The second-order valence-corrected chi connectivity index (χ2v) is 9.29. The number of Topliss-reactive ketones (excluding diaryl/α,β-unsaturated/α-hetero) is 1. The molecule has 0 aliphatic heterocycles. The minimum Gasteiger partial charge on any atom is -0.340 e. The van der Waals surface area contributed by atoms with Crippen LogP contribution in [-0.2, 0) is 10.0 Å². The number of rotatable bonds is 7. The molecule has 0 aliphatic carbocycles. The fourth-order valence-corrected chi connectivity index (χ4v) is 4.26. The van der Waals surface area contributed by atoms with E-state index in [9.17, 15) is 17.6 Å². The predicted molar refractivity (Wildman–Crippen MR) is 122 cm³/mol. The van der Waals surface area contributed by atoms with Crippen LogP contribution in [0.2, 0.25) is 0 Å². The van der Waals surface area contributed by atoms with Gasteiger partial charge in [-0.15, -0.1) is 0 Å². The van der Waals surface area contributed by atoms with Crippen molar-refractivity contribution in [2.45, 2.75) is 10.1 Å². The highest BCUT2D eigenvalue weighted by molar-refractivity contribution is 7.99. The molecule has 0 amide bonds. The molecule has 0 aliphatic rings. The van der Waals surface area contributed by atoms with Gasteiger partial charge in [0.1, 0.15) is 11.6 Å². The van der Waals surface area contributed by atoms with Crippen LogP contribution < -0.4 is 10.5 Å². The number of hydrogen-bond acceptors (Lipinski definition) is 7. The average molecular weight is 469 g/mol. The Morgan fingerprint density at radius 2 is 1.75 bits per heavy atom. The predicted octanol–water partition coefficient (Wildman–Crippen LogP) is 4.13. The smallest absolute Gasteiger partial charge is 0.238 e. The lowest BCUT2D eigenvalue weighted by Crippen LogP contribution is -2.12. The number of nitrogens with zero attached hydrogens (tertiary/aromatic N) is 2. The number of carbonyl (C=O) groups is 1. The summed E-state index contributed by atoms with van der Waals surface area (Å²) in [7, 11) is -3.85. The minimum atomic E-state index is -3.85. The Morgan fingerprint density at radius 3 is 2.50 bits per heavy atom. The molecule has 0 atom stereocenters. The normalized spacial score (nSPS) is 11.4. The zero-order valence-electron chi connectivity index (χ0n) is 16.5. The number of halogens is 1. The second kappa shape index (κ2) is 9.03. The van der Waals surface area contributed by atoms with Gasteiger partial charge in [0.2, 0.25) is 10.0 Å². The first kappa shape index (κ1) is 21.9. The quantitative estimate of drug-likeness (QED) is 0.238. The molecule has 4 rings (SSSR count). The molecule has 32 heavy (non-hydrogen) atoms. The fourth-order valence-electron chi connectivity index (χ4n) is 2.95. The number of thioether (sulfide) groups is 1. The maximum Gasteiger partial charge on any atom is 0.238 e. The first-order valence-electron chi connectivity index (χ1n) is 9.38. The standard InChI is InChI=1S/C22H17FN4O3S2/c23-15-10-8-14(9-11-15)20(28)13-31-22-26-19-7-2-1-6-18(19)21(27-22)25-16-4-3-5-17(12-16)32(24,29)30/h1-12H,13H2,(H2,24,29,30)(H,25,26,27). The van der Waals surface area contributed by atoms with Crippen molar-refractivity contribution < 1.29 is 17.6 Å². The maximum absolute atomic E-state index is 13.1. The van der Waals surface area contributed by atoms with Crippen LogP contribution >= 0.6 is 11.8 Å². The number of ketones is 1. The van der Waals surface area contributed by atoms with E-state index >= 15 is 0 Å². The number of primary sulfonamides is 1. The Balaban J connectivity index is 1.62. The monoisotopic (exact) mass is 468 g/mol. The molecule has 0 fully saturated rings. The van der Waals surface area contributed by atoms with Crippen molar-refractivity contribution in [1.82, 2.24) is 9.97 Å². The molecule has 10 heteroatoms. The van der Waals surface area contributed by atoms with Gasteiger partial charge in [0.25, 0.3) is 0 Å². The van der Waals surface area contributed by atoms with Crippen molar-refractivity contribution in [3.05, 3.63) is 84.2 Å². The summed E-state index contributed by atoms with van der Waals surface area (Å²) in [5.74, 6) is -0.0556. The van der Waals surface area contributed by atoms with E-state index < -0.39 is 15.8 Å². The van der Waals surface area contributed by atoms with Crippen LogP contribution in [0.4, 0.5) is 15.9 Å². The number of nitrogens with one attached hydrogen (secondary N) is 1. The van der Waals surface area contributed by atoms with Crippen LogP contribution in [0.15, 0.2) is 82.8 Å². The van der Waals surface area contributed by atoms with Gasteiger partial charge >= 0.3 is 0 Å². The van der Waals surface area contributed by atoms with E-state index in [4.69, 9.17) is 5.14 Å². The summed E-state index contributed by atoms with van der Waals surface area (Å²) in [4.78, 5) is 21.4. The van der Waals surface area contributed by atoms with Crippen molar-refractivity contribution in [2.24, 2.45) is 5.14 Å². The summed E-state index contributed by atoms with van der Waals surface area (Å²) in [5.41, 5.74) is 1.54. The number of fused-ring (bicyclic) bond motifs is 1. The van der Waals surface area contributed by atoms with E-state index in [0.717, 1.165) is 17.1 Å². The number of sulfonamides is 1. The molecule has 0 bridgehead atoms. The molecular weight excluding hydrogens is 451 g/mol. The molecule has 162 valence electrons. The molecule has 1 heterocycles. The maximum atomic E-state index is 13.1. The zero-order valence-corrected chi connectivity index (χ0v) is 18.2. The van der Waals surface area contributed by atoms with Gasteiger partial charge in [-0.2, -0.15) is 0 Å². The van der Waals surface area contributed by atoms with Crippen LogP contribution in [0, 0.1) is 5.82 Å². The number of para-hydroxylation sites is 1. The van der Waals surface area contributed by atoms with Crippen LogP contribution in [-0.4, -0.2) is 29.9 Å². The first-order valence-corrected chi connectivity index (χ1v) is 11.9. The van der Waals surface area contributed by atoms with Crippen LogP contribution in [0.1, 0.15) is 10.4 Å². The molecule has 0 radical (unpaired) electrons. The lowest BCUT2D eigenvalue weighted by Gasteiger charge is -2.11. The van der Waals surface area contributed by atoms with Gasteiger partial charge in [0.15, 0.2) is 10.9 Å². The van der Waals surface area contributed by atoms with Crippen molar-refractivity contribution in [3.63, 3.8) is 0 Å². The van der Waals surface area contributed by atoms with Crippen LogP contribution in [0.5, 0.6) is 0 Å². The summed E-state index contributed by atoms with van der Waals surface area (Å²) in [6.07, 6.45) is 0. The Labute approximate surface area is 187 Å². The average Bonchev–Trinajstić information content (AvgIpc) is 2.77. The summed E-state index contributed by atoms with van der Waals surface area (Å²) < 4.78 is 36.4. The van der Waals surface area contributed by atoms with Gasteiger partial charge in [-0.05, 0) is 54.6 Å². The largest absolute Gasteiger partial charge is 0.340 e. The second-order valence-electron chi connectivity index (χ2n) is 6.79. The van der Waals surface area contributed by atoms with Gasteiger partial charge < -0.3 is 5.32 Å². The molecule has 0 spiro atoms. The number of anilines is 2. The summed E-state index contributed by atoms with van der Waals surface area (Å²) in [5, 5.41) is 9.42. The van der Waals surface area contributed by atoms with E-state index in [1.54, 1.807) is 12.1 Å². The summed E-state index contributed by atoms with van der Waals surface area (Å²) in [6, 6.07) is 18.7. The molecule has 4 aromatic rings. The topological polar surface area (TPSA) is 115 Å². The third-order valence-corrected chi connectivity index (χ3v) is 6.26. The Morgan fingerprint density at radius 1 is 1.00 bits per heavy atom. The highest BCUT2D eigenvalue weighted by Gasteiger charge is 2.13. The molecule has 0 saturated heterocycles. The number of nitrogens with two attached hydrogens (primary N) is 1. The van der Waals surface area contributed by atoms with Gasteiger partial charge in [-0.3, -0.25) is 4.79 Å². The Bertz CT molecular complexity index is 1410. The fraction of sp³-hybridized carbons (Fsp3) is 0.0455.